The second-order valence-corrected chi connectivity index (χ2v) is 14.4. The molecule has 256 valence electrons. The highest BCUT2D eigenvalue weighted by Gasteiger charge is 2.23. The summed E-state index contributed by atoms with van der Waals surface area (Å²) in [5.74, 6) is 0.900. The van der Waals surface area contributed by atoms with Crippen molar-refractivity contribution in [3.8, 4) is 33.6 Å². The molecule has 3 aromatic heterocycles. The first-order valence-electron chi connectivity index (χ1n) is 18.8. The summed E-state index contributed by atoms with van der Waals surface area (Å²) in [6.07, 6.45) is 0. The molecule has 0 saturated carbocycles. The Morgan fingerprint density at radius 3 is 1.53 bits per heavy atom. The van der Waals surface area contributed by atoms with Gasteiger partial charge in [0.25, 0.3) is 0 Å². The number of para-hydroxylation sites is 4. The maximum absolute atomic E-state index is 5.39. The Bertz CT molecular complexity index is 3450. The highest BCUT2D eigenvalue weighted by atomic mass is 15.3. The lowest BCUT2D eigenvalue weighted by atomic mass is 9.91. The molecule has 0 amide bonds. The van der Waals surface area contributed by atoms with Gasteiger partial charge in [0.05, 0.1) is 16.6 Å². The van der Waals surface area contributed by atoms with Crippen molar-refractivity contribution < 1.29 is 0 Å². The van der Waals surface area contributed by atoms with Gasteiger partial charge in [-0.1, -0.05) is 140 Å². The van der Waals surface area contributed by atoms with Crippen LogP contribution in [0.5, 0.6) is 0 Å². The third-order valence-electron chi connectivity index (χ3n) is 11.4. The molecular formula is C51H32N4. The van der Waals surface area contributed by atoms with Crippen LogP contribution in [0.25, 0.3) is 105 Å². The lowest BCUT2D eigenvalue weighted by molar-refractivity contribution is 1.08. The number of imidazole rings is 2. The van der Waals surface area contributed by atoms with E-state index in [1.807, 2.05) is 0 Å². The lowest BCUT2D eigenvalue weighted by Crippen LogP contribution is -1.98. The predicted molar refractivity (Wildman–Crippen MR) is 230 cm³/mol. The maximum atomic E-state index is 5.39. The minimum Gasteiger partial charge on any atom is -0.294 e. The normalized spacial score (nSPS) is 12.0. The second kappa shape index (κ2) is 11.5. The number of benzene rings is 9. The van der Waals surface area contributed by atoms with Gasteiger partial charge in [-0.05, 0) is 109 Å². The lowest BCUT2D eigenvalue weighted by Gasteiger charge is -2.13. The molecule has 0 atom stereocenters. The van der Waals surface area contributed by atoms with Crippen LogP contribution < -0.4 is 0 Å². The molecule has 12 aromatic rings. The molecule has 0 unspecified atom stereocenters. The molecule has 0 fully saturated rings. The average Bonchev–Trinajstić information content (AvgIpc) is 3.90. The minimum absolute atomic E-state index is 0.900. The predicted octanol–water partition coefficient (Wildman–Crippen LogP) is 13.2. The number of nitrogens with zero attached hydrogens (tertiary/aromatic N) is 4. The van der Waals surface area contributed by atoms with E-state index in [4.69, 9.17) is 4.98 Å². The largest absolute Gasteiger partial charge is 0.294 e. The molecule has 55 heavy (non-hydrogen) atoms. The van der Waals surface area contributed by atoms with E-state index in [1.54, 1.807) is 0 Å². The fourth-order valence-electron chi connectivity index (χ4n) is 8.98. The van der Waals surface area contributed by atoms with Crippen LogP contribution in [0.4, 0.5) is 0 Å². The van der Waals surface area contributed by atoms with Crippen LogP contribution in [0.2, 0.25) is 0 Å². The van der Waals surface area contributed by atoms with Gasteiger partial charge < -0.3 is 0 Å². The van der Waals surface area contributed by atoms with Crippen LogP contribution >= 0.6 is 0 Å². The van der Waals surface area contributed by atoms with Gasteiger partial charge in [0.1, 0.15) is 5.52 Å². The zero-order valence-corrected chi connectivity index (χ0v) is 29.8. The monoisotopic (exact) mass is 700 g/mol. The quantitative estimate of drug-likeness (QED) is 0.168. The van der Waals surface area contributed by atoms with E-state index in [0.717, 1.165) is 55.8 Å². The van der Waals surface area contributed by atoms with Crippen LogP contribution in [-0.2, 0) is 0 Å². The smallest absolute Gasteiger partial charge is 0.221 e. The van der Waals surface area contributed by atoms with E-state index in [0.29, 0.717) is 0 Å². The zero-order valence-electron chi connectivity index (χ0n) is 29.8. The summed E-state index contributed by atoms with van der Waals surface area (Å²) in [5, 5.41) is 8.87. The third kappa shape index (κ3) is 4.37. The van der Waals surface area contributed by atoms with E-state index in [9.17, 15) is 0 Å². The Hall–Kier alpha value is -7.43. The molecule has 0 N–H and O–H groups in total. The Morgan fingerprint density at radius 2 is 0.818 bits per heavy atom. The van der Waals surface area contributed by atoms with Gasteiger partial charge in [-0.3, -0.25) is 13.5 Å². The van der Waals surface area contributed by atoms with Crippen LogP contribution in [0, 0.1) is 0 Å². The Kier molecular flexibility index (Phi) is 6.31. The highest BCUT2D eigenvalue weighted by Crippen LogP contribution is 2.39. The van der Waals surface area contributed by atoms with Gasteiger partial charge in [0.2, 0.25) is 5.78 Å². The zero-order chi connectivity index (χ0) is 36.0. The van der Waals surface area contributed by atoms with Crippen molar-refractivity contribution in [1.29, 1.82) is 0 Å². The number of hydrogen-bond acceptors (Lipinski definition) is 1. The number of aromatic nitrogens is 4. The molecule has 9 aromatic carbocycles. The molecule has 0 aliphatic rings. The van der Waals surface area contributed by atoms with Crippen molar-refractivity contribution in [2.75, 3.05) is 0 Å². The van der Waals surface area contributed by atoms with E-state index in [2.05, 4.69) is 208 Å². The van der Waals surface area contributed by atoms with Crippen molar-refractivity contribution in [2.45, 2.75) is 0 Å². The first kappa shape index (κ1) is 30.1. The first-order chi connectivity index (χ1) is 27.3. The molecule has 0 radical (unpaired) electrons. The molecular weight excluding hydrogens is 669 g/mol. The average molecular weight is 701 g/mol. The van der Waals surface area contributed by atoms with Crippen LogP contribution in [0.1, 0.15) is 0 Å². The van der Waals surface area contributed by atoms with E-state index >= 15 is 0 Å². The minimum atomic E-state index is 0.900. The van der Waals surface area contributed by atoms with Crippen molar-refractivity contribution in [2.24, 2.45) is 0 Å². The van der Waals surface area contributed by atoms with Crippen molar-refractivity contribution in [3.63, 3.8) is 0 Å². The standard InChI is InChI=1S/C51H32N4/c1-2-17-37(18-3-1)54-47-26-10-11-27-48(47)55-50-49(52-51(54)55)44-24-8-9-25-46(44)53(50)38-19-13-16-35(31-38)33-14-12-15-34(30-33)36-28-29-43-41-22-5-4-20-39(41)40-21-6-7-23-42(40)45(43)32-36/h1-32H. The Morgan fingerprint density at radius 1 is 0.309 bits per heavy atom. The van der Waals surface area contributed by atoms with Gasteiger partial charge in [-0.2, -0.15) is 0 Å². The Labute approximate surface area is 316 Å². The summed E-state index contributed by atoms with van der Waals surface area (Å²) < 4.78 is 6.99. The fourth-order valence-corrected chi connectivity index (χ4v) is 8.98. The molecule has 4 nitrogen and oxygen atoms in total. The van der Waals surface area contributed by atoms with Crippen LogP contribution in [-0.4, -0.2) is 18.5 Å². The van der Waals surface area contributed by atoms with E-state index in [1.165, 1.54) is 49.0 Å². The van der Waals surface area contributed by atoms with E-state index in [-0.39, 0.29) is 0 Å². The van der Waals surface area contributed by atoms with Crippen molar-refractivity contribution in [1.82, 2.24) is 18.5 Å². The van der Waals surface area contributed by atoms with Crippen LogP contribution in [0.15, 0.2) is 194 Å². The van der Waals surface area contributed by atoms with Gasteiger partial charge in [0.15, 0.2) is 5.65 Å². The second-order valence-electron chi connectivity index (χ2n) is 14.4. The third-order valence-corrected chi connectivity index (χ3v) is 11.4. The Balaban J connectivity index is 1.04. The molecule has 0 aliphatic heterocycles. The van der Waals surface area contributed by atoms with Crippen molar-refractivity contribution >= 4 is 71.2 Å². The number of fused-ring (bicyclic) bond motifs is 13. The van der Waals surface area contributed by atoms with Gasteiger partial charge in [0, 0.05) is 16.8 Å². The summed E-state index contributed by atoms with van der Waals surface area (Å²) in [6, 6.07) is 70.2. The van der Waals surface area contributed by atoms with Gasteiger partial charge >= 0.3 is 0 Å². The van der Waals surface area contributed by atoms with Gasteiger partial charge in [-0.15, -0.1) is 0 Å². The summed E-state index contributed by atoms with van der Waals surface area (Å²) in [7, 11) is 0. The summed E-state index contributed by atoms with van der Waals surface area (Å²) in [6.45, 7) is 0. The van der Waals surface area contributed by atoms with Crippen molar-refractivity contribution in [3.05, 3.63) is 194 Å². The molecule has 4 heteroatoms. The molecule has 0 aliphatic carbocycles. The number of rotatable bonds is 4. The molecule has 0 saturated heterocycles. The van der Waals surface area contributed by atoms with E-state index < -0.39 is 0 Å². The SMILES string of the molecule is c1ccc(-n2c3ccccc3n3c2nc2c4ccccc4n(-c4cccc(-c5cccc(-c6ccc7c8ccccc8c8ccccc8c7c6)c5)c4)c23)cc1. The summed E-state index contributed by atoms with van der Waals surface area (Å²) >= 11 is 0. The first-order valence-corrected chi connectivity index (χ1v) is 18.8. The molecule has 3 heterocycles. The molecule has 12 rings (SSSR count). The highest BCUT2D eigenvalue weighted by molar-refractivity contribution is 6.25. The van der Waals surface area contributed by atoms with Crippen LogP contribution in [0.3, 0.4) is 0 Å². The topological polar surface area (TPSA) is 27.2 Å². The maximum Gasteiger partial charge on any atom is 0.221 e. The molecule has 0 bridgehead atoms. The van der Waals surface area contributed by atoms with Gasteiger partial charge in [-0.25, -0.2) is 4.98 Å². The number of hydrogen-bond donors (Lipinski definition) is 0. The fraction of sp³-hybridized carbons (Fsp3) is 0. The summed E-state index contributed by atoms with van der Waals surface area (Å²) in [4.78, 5) is 5.39. The summed E-state index contributed by atoms with van der Waals surface area (Å²) in [5.41, 5.74) is 12.3. The molecule has 0 spiro atoms.